The van der Waals surface area contributed by atoms with Crippen molar-refractivity contribution in [2.75, 3.05) is 0 Å². The predicted octanol–water partition coefficient (Wildman–Crippen LogP) is 3.50. The Hall–Kier alpha value is -3.16. The van der Waals surface area contributed by atoms with Crippen LogP contribution in [-0.2, 0) is 11.8 Å². The van der Waals surface area contributed by atoms with Gasteiger partial charge in [0.25, 0.3) is 6.02 Å². The van der Waals surface area contributed by atoms with Gasteiger partial charge in [-0.1, -0.05) is 12.1 Å². The molecule has 31 heavy (non-hydrogen) atoms. The molecular weight excluding hydrogens is 390 g/mol. The molecule has 0 bridgehead atoms. The number of aromatic nitrogens is 5. The van der Waals surface area contributed by atoms with Crippen LogP contribution in [0.3, 0.4) is 0 Å². The van der Waals surface area contributed by atoms with E-state index in [9.17, 15) is 0 Å². The number of aryl methyl sites for hydroxylation is 3. The van der Waals surface area contributed by atoms with Gasteiger partial charge in [-0.3, -0.25) is 0 Å². The molecule has 3 atom stereocenters. The summed E-state index contributed by atoms with van der Waals surface area (Å²) in [4.78, 5) is 14.2. The van der Waals surface area contributed by atoms with Crippen molar-refractivity contribution in [2.45, 2.75) is 57.7 Å². The van der Waals surface area contributed by atoms with Crippen LogP contribution in [0.4, 0.5) is 0 Å². The molecule has 6 rings (SSSR count). The molecule has 1 N–H and O–H groups in total. The molecule has 2 aromatic heterocycles. The van der Waals surface area contributed by atoms with E-state index in [0.717, 1.165) is 47.9 Å². The van der Waals surface area contributed by atoms with E-state index in [1.54, 1.807) is 0 Å². The lowest BCUT2D eigenvalue weighted by molar-refractivity contribution is 0.100. The van der Waals surface area contributed by atoms with E-state index >= 15 is 0 Å². The van der Waals surface area contributed by atoms with Gasteiger partial charge in [-0.15, -0.1) is 0 Å². The number of rotatable bonds is 4. The van der Waals surface area contributed by atoms with E-state index in [0.29, 0.717) is 17.9 Å². The number of hydrogen-bond donors (Lipinski definition) is 1. The first kappa shape index (κ1) is 18.6. The summed E-state index contributed by atoms with van der Waals surface area (Å²) >= 11 is 0. The number of hydrogen-bond acceptors (Lipinski definition) is 6. The second-order valence-corrected chi connectivity index (χ2v) is 8.88. The minimum atomic E-state index is -0.241. The van der Waals surface area contributed by atoms with Crippen LogP contribution < -0.4 is 5.32 Å². The molecule has 3 heterocycles. The molecule has 0 saturated heterocycles. The lowest BCUT2D eigenvalue weighted by Crippen LogP contribution is -2.37. The van der Waals surface area contributed by atoms with Crippen molar-refractivity contribution in [1.29, 1.82) is 0 Å². The zero-order chi connectivity index (χ0) is 21.1. The van der Waals surface area contributed by atoms with Gasteiger partial charge < -0.3 is 14.6 Å². The van der Waals surface area contributed by atoms with Crippen LogP contribution in [0.5, 0.6) is 0 Å². The van der Waals surface area contributed by atoms with Gasteiger partial charge in [0.1, 0.15) is 23.6 Å². The highest BCUT2D eigenvalue weighted by atomic mass is 16.5. The molecule has 0 amide bonds. The first-order valence-corrected chi connectivity index (χ1v) is 11.1. The molecule has 2 saturated carbocycles. The minimum absolute atomic E-state index is 0.241. The number of fused-ring (bicyclic) bond motifs is 1. The smallest absolute Gasteiger partial charge is 0.291 e. The van der Waals surface area contributed by atoms with Crippen molar-refractivity contribution < 1.29 is 4.74 Å². The first-order valence-electron chi connectivity index (χ1n) is 11.1. The summed E-state index contributed by atoms with van der Waals surface area (Å²) in [5.41, 5.74) is 3.38. The molecule has 8 nitrogen and oxygen atoms in total. The van der Waals surface area contributed by atoms with Gasteiger partial charge in [0.2, 0.25) is 0 Å². The molecule has 1 aromatic carbocycles. The SMILES string of the molecule is Cc1nc(C)n(C2C=C([C@@H]3C[C@H]3c3nc4ccccc4n3C)NC(OC3CCC3)=N2)n1. The Labute approximate surface area is 181 Å². The number of allylic oxidation sites excluding steroid dienone is 1. The normalized spacial score (nSPS) is 25.6. The van der Waals surface area contributed by atoms with Crippen molar-refractivity contribution in [1.82, 2.24) is 29.6 Å². The third kappa shape index (κ3) is 3.21. The molecule has 8 heteroatoms. The maximum Gasteiger partial charge on any atom is 0.291 e. The van der Waals surface area contributed by atoms with Crippen LogP contribution in [-0.4, -0.2) is 36.4 Å². The molecule has 3 aliphatic rings. The van der Waals surface area contributed by atoms with Crippen molar-refractivity contribution in [3.8, 4) is 0 Å². The Bertz CT molecular complexity index is 1220. The molecule has 1 unspecified atom stereocenters. The van der Waals surface area contributed by atoms with E-state index < -0.39 is 0 Å². The van der Waals surface area contributed by atoms with Crippen molar-refractivity contribution in [3.63, 3.8) is 0 Å². The van der Waals surface area contributed by atoms with Gasteiger partial charge in [-0.25, -0.2) is 19.6 Å². The van der Waals surface area contributed by atoms with Gasteiger partial charge in [0.15, 0.2) is 6.17 Å². The van der Waals surface area contributed by atoms with E-state index in [4.69, 9.17) is 14.7 Å². The average molecular weight is 418 g/mol. The average Bonchev–Trinajstić information content (AvgIpc) is 3.36. The summed E-state index contributed by atoms with van der Waals surface area (Å²) in [6.45, 7) is 3.88. The maximum absolute atomic E-state index is 6.16. The topological polar surface area (TPSA) is 82.2 Å². The van der Waals surface area contributed by atoms with Crippen molar-refractivity contribution >= 4 is 17.1 Å². The fourth-order valence-electron chi connectivity index (χ4n) is 4.67. The predicted molar refractivity (Wildman–Crippen MR) is 117 cm³/mol. The lowest BCUT2D eigenvalue weighted by atomic mass is 9.96. The third-order valence-electron chi connectivity index (χ3n) is 6.66. The van der Waals surface area contributed by atoms with Crippen LogP contribution >= 0.6 is 0 Å². The number of aliphatic imine (C=N–C) groups is 1. The van der Waals surface area contributed by atoms with E-state index in [1.807, 2.05) is 24.6 Å². The number of nitrogens with zero attached hydrogens (tertiary/aromatic N) is 6. The number of benzene rings is 1. The number of para-hydroxylation sites is 2. The summed E-state index contributed by atoms with van der Waals surface area (Å²) in [5.74, 6) is 3.51. The Morgan fingerprint density at radius 2 is 1.94 bits per heavy atom. The summed E-state index contributed by atoms with van der Waals surface area (Å²) in [7, 11) is 2.11. The van der Waals surface area contributed by atoms with E-state index in [-0.39, 0.29) is 12.3 Å². The Morgan fingerprint density at radius 1 is 1.10 bits per heavy atom. The third-order valence-corrected chi connectivity index (χ3v) is 6.66. The van der Waals surface area contributed by atoms with Crippen LogP contribution in [0, 0.1) is 19.8 Å². The highest BCUT2D eigenvalue weighted by Gasteiger charge is 2.45. The maximum atomic E-state index is 6.16. The van der Waals surface area contributed by atoms with Crippen LogP contribution in [0.25, 0.3) is 11.0 Å². The number of ether oxygens (including phenoxy) is 1. The Kier molecular flexibility index (Phi) is 4.16. The van der Waals surface area contributed by atoms with Gasteiger partial charge in [0, 0.05) is 24.6 Å². The second-order valence-electron chi connectivity index (χ2n) is 8.88. The van der Waals surface area contributed by atoms with Gasteiger partial charge >= 0.3 is 0 Å². The summed E-state index contributed by atoms with van der Waals surface area (Å²) in [6.07, 6.45) is 6.67. The molecule has 0 radical (unpaired) electrons. The highest BCUT2D eigenvalue weighted by Crippen LogP contribution is 2.51. The van der Waals surface area contributed by atoms with Gasteiger partial charge in [-0.2, -0.15) is 5.10 Å². The van der Waals surface area contributed by atoms with Gasteiger partial charge in [0.05, 0.1) is 11.0 Å². The molecule has 2 fully saturated rings. The fraction of sp³-hybridized carbons (Fsp3) is 0.478. The van der Waals surface area contributed by atoms with Crippen LogP contribution in [0.2, 0.25) is 0 Å². The van der Waals surface area contributed by atoms with Crippen LogP contribution in [0.1, 0.15) is 55.2 Å². The Balaban J connectivity index is 1.30. The quantitative estimate of drug-likeness (QED) is 0.703. The molecule has 0 spiro atoms. The highest BCUT2D eigenvalue weighted by molar-refractivity contribution is 5.78. The number of amidine groups is 1. The molecular formula is C23H27N7O. The van der Waals surface area contributed by atoms with Crippen molar-refractivity contribution in [2.24, 2.45) is 18.0 Å². The van der Waals surface area contributed by atoms with E-state index in [2.05, 4.69) is 51.3 Å². The monoisotopic (exact) mass is 417 g/mol. The number of nitrogens with one attached hydrogen (secondary N) is 1. The summed E-state index contributed by atoms with van der Waals surface area (Å²) < 4.78 is 10.3. The second kappa shape index (κ2) is 6.93. The molecule has 1 aliphatic heterocycles. The zero-order valence-electron chi connectivity index (χ0n) is 18.1. The van der Waals surface area contributed by atoms with Gasteiger partial charge in [-0.05, 0) is 57.7 Å². The summed E-state index contributed by atoms with van der Waals surface area (Å²) in [6, 6.07) is 8.93. The first-order chi connectivity index (χ1) is 15.1. The largest absolute Gasteiger partial charge is 0.462 e. The fourth-order valence-corrected chi connectivity index (χ4v) is 4.67. The molecule has 3 aromatic rings. The standard InChI is InChI=1S/C23H27N7O/c1-13-24-14(2)30(28-13)21-12-19(26-23(27-21)31-15-7-6-8-15)16-11-17(16)22-25-18-9-4-5-10-20(18)29(22)3/h4-5,9-10,12,15-17,21H,6-8,11H2,1-3H3,(H,26,27)/t16-,17-,21?/m1/s1. The zero-order valence-corrected chi connectivity index (χ0v) is 18.1. The minimum Gasteiger partial charge on any atom is -0.462 e. The molecule has 160 valence electrons. The Morgan fingerprint density at radius 3 is 2.65 bits per heavy atom. The molecule has 2 aliphatic carbocycles. The van der Waals surface area contributed by atoms with Crippen LogP contribution in [0.15, 0.2) is 41.0 Å². The summed E-state index contributed by atoms with van der Waals surface area (Å²) in [5, 5.41) is 8.05. The number of imidazole rings is 1. The lowest BCUT2D eigenvalue weighted by Gasteiger charge is -2.30. The van der Waals surface area contributed by atoms with E-state index in [1.165, 1.54) is 11.9 Å². The van der Waals surface area contributed by atoms with Crippen molar-refractivity contribution in [3.05, 3.63) is 53.5 Å².